The van der Waals surface area contributed by atoms with E-state index in [9.17, 15) is 102 Å². The van der Waals surface area contributed by atoms with Crippen LogP contribution in [0.1, 0.15) is 79.1 Å². The molecule has 0 spiro atoms. The van der Waals surface area contributed by atoms with E-state index in [1.54, 1.807) is 93.7 Å². The fourth-order valence-electron chi connectivity index (χ4n) is 11.3. The molecule has 29 atom stereocenters. The Morgan fingerprint density at radius 3 is 1.62 bits per heavy atom. The fraction of sp³-hybridized carbons (Fsp3) is 0.742. The van der Waals surface area contributed by atoms with Crippen molar-refractivity contribution in [1.82, 2.24) is 5.32 Å². The summed E-state index contributed by atoms with van der Waals surface area (Å²) in [6, 6.07) is -2.78. The third-order valence-corrected chi connectivity index (χ3v) is 17.0. The molecule has 0 aromatic rings. The van der Waals surface area contributed by atoms with E-state index in [1.165, 1.54) is 19.1 Å². The Labute approximate surface area is 534 Å². The zero-order valence-electron chi connectivity index (χ0n) is 52.0. The van der Waals surface area contributed by atoms with Crippen LogP contribution < -0.4 is 11.1 Å². The number of allylic oxidation sites excluding steroid dienone is 12. The van der Waals surface area contributed by atoms with Crippen LogP contribution in [-0.4, -0.2) is 295 Å². The van der Waals surface area contributed by atoms with Crippen LogP contribution in [0.25, 0.3) is 0 Å². The highest BCUT2D eigenvalue weighted by atomic mass is 16.7. The van der Waals surface area contributed by atoms with Gasteiger partial charge in [0.1, 0.15) is 61.0 Å². The third-order valence-electron chi connectivity index (χ3n) is 17.0. The van der Waals surface area contributed by atoms with Gasteiger partial charge in [0.05, 0.1) is 118 Å². The van der Waals surface area contributed by atoms with Gasteiger partial charge in [-0.1, -0.05) is 98.9 Å². The van der Waals surface area contributed by atoms with Crippen LogP contribution in [0, 0.1) is 17.8 Å². The number of cyclic esters (lactones) is 1. The van der Waals surface area contributed by atoms with Crippen LogP contribution in [-0.2, 0) is 47.5 Å². The van der Waals surface area contributed by atoms with E-state index >= 15 is 0 Å². The van der Waals surface area contributed by atoms with Gasteiger partial charge in [0.15, 0.2) is 24.7 Å². The summed E-state index contributed by atoms with van der Waals surface area (Å²) in [7, 11) is 0. The summed E-state index contributed by atoms with van der Waals surface area (Å²) in [5.41, 5.74) is 6.17. The highest BCUT2D eigenvalue weighted by molar-refractivity contribution is 5.80. The van der Waals surface area contributed by atoms with Crippen LogP contribution in [0.3, 0.4) is 0 Å². The van der Waals surface area contributed by atoms with Gasteiger partial charge in [0, 0.05) is 37.5 Å². The highest BCUT2D eigenvalue weighted by Gasteiger charge is 2.52. The molecule has 5 rings (SSSR count). The van der Waals surface area contributed by atoms with Crippen molar-refractivity contribution >= 4 is 11.9 Å². The van der Waals surface area contributed by atoms with Gasteiger partial charge in [-0.05, 0) is 33.1 Å². The molecular formula is C62H100N2O28. The van der Waals surface area contributed by atoms with E-state index in [2.05, 4.69) is 5.32 Å². The van der Waals surface area contributed by atoms with Gasteiger partial charge in [-0.3, -0.25) is 9.59 Å². The number of ether oxygens (including phenoxy) is 8. The monoisotopic (exact) mass is 1320 g/mol. The highest BCUT2D eigenvalue weighted by Crippen LogP contribution is 2.39. The number of fused-ring (bicyclic) bond motifs is 2. The minimum Gasteiger partial charge on any atom is -0.462 e. The minimum absolute atomic E-state index is 0.197. The van der Waals surface area contributed by atoms with E-state index in [0.29, 0.717) is 0 Å². The second-order valence-electron chi connectivity index (χ2n) is 24.5. The van der Waals surface area contributed by atoms with Gasteiger partial charge in [0.25, 0.3) is 0 Å². The van der Waals surface area contributed by atoms with Gasteiger partial charge < -0.3 is 141 Å². The quantitative estimate of drug-likeness (QED) is 0.0812. The van der Waals surface area contributed by atoms with E-state index in [4.69, 9.17) is 43.6 Å². The number of carbonyl (C=O) groups is 2. The van der Waals surface area contributed by atoms with Crippen molar-refractivity contribution in [3.05, 3.63) is 85.1 Å². The molecule has 30 nitrogen and oxygen atoms in total. The molecular weight excluding hydrogens is 1220 g/mol. The van der Waals surface area contributed by atoms with Gasteiger partial charge in [-0.25, -0.2) is 0 Å². The molecule has 0 saturated carbocycles. The first kappa shape index (κ1) is 78.8. The predicted molar refractivity (Wildman–Crippen MR) is 321 cm³/mol. The number of aliphatic hydroxyl groups excluding tert-OH is 17. The lowest BCUT2D eigenvalue weighted by Gasteiger charge is -2.46. The maximum absolute atomic E-state index is 14.9. The molecule has 526 valence electrons. The molecule has 0 radical (unpaired) electrons. The van der Waals surface area contributed by atoms with Gasteiger partial charge in [-0.2, -0.15) is 0 Å². The van der Waals surface area contributed by atoms with Crippen LogP contribution in [0.4, 0.5) is 0 Å². The number of hydrogen-bond donors (Lipinski definition) is 20. The number of rotatable bonds is 12. The molecule has 1 amide bonds. The molecule has 4 fully saturated rings. The number of nitrogens with one attached hydrogen (secondary N) is 1. The van der Waals surface area contributed by atoms with Crippen molar-refractivity contribution in [3.8, 4) is 0 Å². The molecule has 2 bridgehead atoms. The topological polar surface area (TPSA) is 510 Å². The maximum Gasteiger partial charge on any atom is 0.308 e. The molecule has 5 aliphatic rings. The molecule has 5 aliphatic heterocycles. The van der Waals surface area contributed by atoms with Crippen molar-refractivity contribution in [3.63, 3.8) is 0 Å². The largest absolute Gasteiger partial charge is 0.462 e. The zero-order chi connectivity index (χ0) is 68.1. The Kier molecular flexibility index (Phi) is 32.7. The molecule has 30 heteroatoms. The lowest BCUT2D eigenvalue weighted by Crippen LogP contribution is -2.62. The van der Waals surface area contributed by atoms with E-state index < -0.39 is 247 Å². The van der Waals surface area contributed by atoms with Crippen molar-refractivity contribution in [2.45, 2.75) is 244 Å². The maximum atomic E-state index is 14.9. The fourth-order valence-corrected chi connectivity index (χ4v) is 11.3. The van der Waals surface area contributed by atoms with Gasteiger partial charge >= 0.3 is 5.97 Å². The lowest BCUT2D eigenvalue weighted by atomic mass is 9.82. The number of esters is 1. The van der Waals surface area contributed by atoms with Crippen molar-refractivity contribution in [2.75, 3.05) is 26.4 Å². The number of hydrogen-bond acceptors (Lipinski definition) is 29. The average Bonchev–Trinajstić information content (AvgIpc) is 1.28. The summed E-state index contributed by atoms with van der Waals surface area (Å²) in [4.78, 5) is 27.8. The van der Waals surface area contributed by atoms with E-state index in [-0.39, 0.29) is 25.2 Å². The molecule has 0 unspecified atom stereocenters. The van der Waals surface area contributed by atoms with Crippen LogP contribution in [0.15, 0.2) is 85.1 Å². The first-order valence-corrected chi connectivity index (χ1v) is 31.1. The molecule has 0 aliphatic carbocycles. The summed E-state index contributed by atoms with van der Waals surface area (Å²) in [6.07, 6.45) is -18.0. The second-order valence-corrected chi connectivity index (χ2v) is 24.5. The van der Waals surface area contributed by atoms with Crippen LogP contribution >= 0.6 is 0 Å². The normalized spacial score (nSPS) is 45.8. The van der Waals surface area contributed by atoms with E-state index in [0.717, 1.165) is 0 Å². The molecule has 5 heterocycles. The predicted octanol–water partition coefficient (Wildman–Crippen LogP) is -5.26. The zero-order valence-corrected chi connectivity index (χ0v) is 52.0. The second kappa shape index (κ2) is 38.1. The summed E-state index contributed by atoms with van der Waals surface area (Å²) < 4.78 is 46.4. The first-order valence-electron chi connectivity index (χ1n) is 31.1. The Bertz CT molecular complexity index is 2370. The number of aliphatic hydroxyl groups is 18. The number of amides is 1. The Hall–Kier alpha value is -3.92. The first-order chi connectivity index (χ1) is 43.5. The summed E-state index contributed by atoms with van der Waals surface area (Å²) in [5, 5.41) is 198. The Morgan fingerprint density at radius 2 is 1.09 bits per heavy atom. The number of carbonyl (C=O) groups excluding carboxylic acids is 2. The molecule has 21 N–H and O–H groups in total. The standard InChI is InChI=1S/C62H100N2O28/c1-31-17-15-13-11-9-7-5-6-8-10-12-14-16-18-39(89-61-53(78)48(63)50(75)34(4)88-61)24-43-47(58(83)64-35(29-85-59-56(81)54(79)51(76)44(27-65)90-59)30-86-60-57(82)55(80)52(77)45(28-66)91-60)42(72)26-62(84,92-43)25-38(69)22-41(71)40(70)20-19-36(67)21-37(68)23-46(73)87-33(3)32(2)49(31)74/h5-18,31-45,47-57,59-61,65-72,74-82,84H,19-30,63H2,1-4H3,(H,64,83)/b6-5+,9-7+,10-8+,13-11+,14-12+,17-15+,18-16+/t31-,32-,33-,34+,36+,37+,38-,39-,40+,41+,42-,43-,44+,45+,47+,48-,49+,50+,51+,52+,53-,54-,55-,56-,57-,59-,60-,61-,62+/m0/s1. The Morgan fingerprint density at radius 1 is 0.565 bits per heavy atom. The van der Waals surface area contributed by atoms with E-state index in [1.807, 2.05) is 0 Å². The smallest absolute Gasteiger partial charge is 0.308 e. The third kappa shape index (κ3) is 23.4. The molecule has 4 saturated heterocycles. The SMILES string of the molecule is C[C@@H]1[C@H](O)[C@@H](C)/C=C/C=C/C=C/C=C/C=C/C=C/C=C/[C@H](O[C@@H]2O[C@H](C)[C@@H](O)[C@H](N)[C@@H]2O)C[C@@H]2O[C@](O)(C[C@@H](O)C[C@@H](O)[C@H](O)CC[C@@H](O)C[C@@H](O)CC(=O)O[C@H]1C)C[C@H](O)[C@H]2C(=O)NC(CO[C@H]1O[C@H](CO)[C@@H](O)[C@H](O)[C@@H]1O)CO[C@H]1O[C@H](CO)[C@@H](O)[C@H](O)[C@@H]1O. The van der Waals surface area contributed by atoms with Crippen molar-refractivity contribution < 1.29 is 139 Å². The Balaban J connectivity index is 1.48. The van der Waals surface area contributed by atoms with Crippen LogP contribution in [0.5, 0.6) is 0 Å². The van der Waals surface area contributed by atoms with Crippen LogP contribution in [0.2, 0.25) is 0 Å². The summed E-state index contributed by atoms with van der Waals surface area (Å²) >= 11 is 0. The molecule has 92 heavy (non-hydrogen) atoms. The van der Waals surface area contributed by atoms with Gasteiger partial charge in [0.2, 0.25) is 5.91 Å². The summed E-state index contributed by atoms with van der Waals surface area (Å²) in [5.74, 6) is -7.04. The molecule has 0 aromatic carbocycles. The summed E-state index contributed by atoms with van der Waals surface area (Å²) in [6.45, 7) is 3.43. The minimum atomic E-state index is -2.56. The lowest BCUT2D eigenvalue weighted by molar-refractivity contribution is -0.311. The number of nitrogens with two attached hydrogens (primary N) is 1. The van der Waals surface area contributed by atoms with Crippen molar-refractivity contribution in [2.24, 2.45) is 23.5 Å². The van der Waals surface area contributed by atoms with Crippen molar-refractivity contribution in [1.29, 1.82) is 0 Å². The average molecular weight is 1320 g/mol. The molecule has 0 aromatic heterocycles. The van der Waals surface area contributed by atoms with Gasteiger partial charge in [-0.15, -0.1) is 0 Å².